The van der Waals surface area contributed by atoms with Crippen LogP contribution in [0.25, 0.3) is 0 Å². The van der Waals surface area contributed by atoms with E-state index in [0.717, 1.165) is 12.0 Å². The molecule has 0 aromatic carbocycles. The van der Waals surface area contributed by atoms with Crippen molar-refractivity contribution in [2.24, 2.45) is 11.7 Å². The van der Waals surface area contributed by atoms with Crippen molar-refractivity contribution < 1.29 is 0 Å². The molecule has 0 aliphatic heterocycles. The standard InChI is InChI=1S/C14H28N2/c1-16(14-5-3-2-4-6-14)11-12-7-9-13(15)10-8-12/h12-14H,2-11,15H2,1H3. The summed E-state index contributed by atoms with van der Waals surface area (Å²) in [5.74, 6) is 0.923. The fourth-order valence-corrected chi connectivity index (χ4v) is 3.45. The second-order valence-electron chi connectivity index (χ2n) is 6.01. The lowest BCUT2D eigenvalue weighted by Crippen LogP contribution is -2.39. The van der Waals surface area contributed by atoms with Gasteiger partial charge < -0.3 is 10.6 Å². The van der Waals surface area contributed by atoms with Gasteiger partial charge in [0.15, 0.2) is 0 Å². The first-order valence-corrected chi connectivity index (χ1v) is 7.21. The minimum absolute atomic E-state index is 0.497. The first-order chi connectivity index (χ1) is 7.75. The lowest BCUT2D eigenvalue weighted by Gasteiger charge is -2.35. The van der Waals surface area contributed by atoms with E-state index in [1.54, 1.807) is 0 Å². The third kappa shape index (κ3) is 3.46. The average Bonchev–Trinajstić information content (AvgIpc) is 2.33. The monoisotopic (exact) mass is 224 g/mol. The summed E-state index contributed by atoms with van der Waals surface area (Å²) in [6.45, 7) is 1.32. The second-order valence-corrected chi connectivity index (χ2v) is 6.01. The molecule has 2 N–H and O–H groups in total. The molecular formula is C14H28N2. The molecule has 94 valence electrons. The molecule has 0 heterocycles. The van der Waals surface area contributed by atoms with Crippen LogP contribution in [0.5, 0.6) is 0 Å². The van der Waals surface area contributed by atoms with E-state index in [-0.39, 0.29) is 0 Å². The molecule has 0 radical (unpaired) electrons. The van der Waals surface area contributed by atoms with E-state index in [0.29, 0.717) is 6.04 Å². The number of hydrogen-bond donors (Lipinski definition) is 1. The summed E-state index contributed by atoms with van der Waals surface area (Å²) in [6, 6.07) is 1.38. The molecule has 2 aliphatic carbocycles. The van der Waals surface area contributed by atoms with Crippen LogP contribution in [-0.4, -0.2) is 30.6 Å². The van der Waals surface area contributed by atoms with Gasteiger partial charge in [-0.15, -0.1) is 0 Å². The van der Waals surface area contributed by atoms with Crippen molar-refractivity contribution in [3.8, 4) is 0 Å². The minimum atomic E-state index is 0.497. The quantitative estimate of drug-likeness (QED) is 0.798. The van der Waals surface area contributed by atoms with E-state index in [9.17, 15) is 0 Å². The van der Waals surface area contributed by atoms with Crippen molar-refractivity contribution in [1.82, 2.24) is 4.90 Å². The molecule has 0 amide bonds. The Bertz CT molecular complexity index is 191. The zero-order valence-electron chi connectivity index (χ0n) is 10.8. The molecule has 0 atom stereocenters. The van der Waals surface area contributed by atoms with Crippen molar-refractivity contribution in [2.75, 3.05) is 13.6 Å². The predicted octanol–water partition coefficient (Wildman–Crippen LogP) is 2.77. The van der Waals surface area contributed by atoms with Crippen molar-refractivity contribution in [3.05, 3.63) is 0 Å². The summed E-state index contributed by atoms with van der Waals surface area (Å²) in [4.78, 5) is 2.64. The summed E-state index contributed by atoms with van der Waals surface area (Å²) < 4.78 is 0. The van der Waals surface area contributed by atoms with E-state index in [1.165, 1.54) is 64.3 Å². The Balaban J connectivity index is 1.71. The number of nitrogens with zero attached hydrogens (tertiary/aromatic N) is 1. The average molecular weight is 224 g/mol. The lowest BCUT2D eigenvalue weighted by atomic mass is 9.85. The van der Waals surface area contributed by atoms with Gasteiger partial charge >= 0.3 is 0 Å². The molecule has 2 heteroatoms. The highest BCUT2D eigenvalue weighted by molar-refractivity contribution is 4.79. The van der Waals surface area contributed by atoms with E-state index in [1.807, 2.05) is 0 Å². The topological polar surface area (TPSA) is 29.3 Å². The SMILES string of the molecule is CN(CC1CCC(N)CC1)C1CCCCC1. The van der Waals surface area contributed by atoms with Crippen LogP contribution >= 0.6 is 0 Å². The molecule has 0 saturated heterocycles. The molecule has 0 spiro atoms. The highest BCUT2D eigenvalue weighted by Crippen LogP contribution is 2.27. The first-order valence-electron chi connectivity index (χ1n) is 7.21. The molecule has 0 aromatic rings. The zero-order chi connectivity index (χ0) is 11.4. The van der Waals surface area contributed by atoms with Gasteiger partial charge in [-0.3, -0.25) is 0 Å². The molecule has 0 bridgehead atoms. The van der Waals surface area contributed by atoms with Crippen LogP contribution in [0.15, 0.2) is 0 Å². The van der Waals surface area contributed by atoms with Crippen molar-refractivity contribution in [3.63, 3.8) is 0 Å². The van der Waals surface area contributed by atoms with Crippen LogP contribution in [0.4, 0.5) is 0 Å². The molecule has 2 aliphatic rings. The minimum Gasteiger partial charge on any atom is -0.328 e. The van der Waals surface area contributed by atoms with Crippen LogP contribution < -0.4 is 5.73 Å². The molecule has 0 unspecified atom stereocenters. The summed E-state index contributed by atoms with van der Waals surface area (Å²) in [5, 5.41) is 0. The van der Waals surface area contributed by atoms with Crippen LogP contribution in [0.1, 0.15) is 57.8 Å². The fraction of sp³-hybridized carbons (Fsp3) is 1.00. The van der Waals surface area contributed by atoms with Gasteiger partial charge in [0.1, 0.15) is 0 Å². The Kier molecular flexibility index (Phi) is 4.66. The van der Waals surface area contributed by atoms with Gasteiger partial charge in [-0.2, -0.15) is 0 Å². The molecule has 16 heavy (non-hydrogen) atoms. The van der Waals surface area contributed by atoms with Gasteiger partial charge in [-0.05, 0) is 51.5 Å². The summed E-state index contributed by atoms with van der Waals surface area (Å²) >= 11 is 0. The Morgan fingerprint density at radius 3 is 2.19 bits per heavy atom. The van der Waals surface area contributed by atoms with Crippen LogP contribution in [0.2, 0.25) is 0 Å². The third-order valence-electron chi connectivity index (χ3n) is 4.64. The summed E-state index contributed by atoms with van der Waals surface area (Å²) in [5.41, 5.74) is 5.96. The number of nitrogens with two attached hydrogens (primary N) is 1. The Morgan fingerprint density at radius 2 is 1.56 bits per heavy atom. The maximum Gasteiger partial charge on any atom is 0.00923 e. The predicted molar refractivity (Wildman–Crippen MR) is 69.4 cm³/mol. The summed E-state index contributed by atoms with van der Waals surface area (Å²) in [6.07, 6.45) is 12.5. The number of rotatable bonds is 3. The molecule has 2 saturated carbocycles. The van der Waals surface area contributed by atoms with Crippen molar-refractivity contribution in [2.45, 2.75) is 69.9 Å². The smallest absolute Gasteiger partial charge is 0.00923 e. The highest BCUT2D eigenvalue weighted by Gasteiger charge is 2.23. The maximum absolute atomic E-state index is 5.96. The third-order valence-corrected chi connectivity index (χ3v) is 4.64. The van der Waals surface area contributed by atoms with Crippen molar-refractivity contribution >= 4 is 0 Å². The van der Waals surface area contributed by atoms with Gasteiger partial charge in [0.05, 0.1) is 0 Å². The Labute approximate surface area is 101 Å². The van der Waals surface area contributed by atoms with Crippen LogP contribution in [0, 0.1) is 5.92 Å². The first kappa shape index (κ1) is 12.4. The number of hydrogen-bond acceptors (Lipinski definition) is 2. The van der Waals surface area contributed by atoms with E-state index >= 15 is 0 Å². The highest BCUT2D eigenvalue weighted by atomic mass is 15.1. The van der Waals surface area contributed by atoms with Gasteiger partial charge in [-0.25, -0.2) is 0 Å². The zero-order valence-corrected chi connectivity index (χ0v) is 10.8. The second kappa shape index (κ2) is 6.02. The molecule has 2 rings (SSSR count). The normalized spacial score (nSPS) is 33.2. The van der Waals surface area contributed by atoms with Gasteiger partial charge in [0.2, 0.25) is 0 Å². The summed E-state index contributed by atoms with van der Waals surface area (Å²) in [7, 11) is 2.34. The fourth-order valence-electron chi connectivity index (χ4n) is 3.45. The van der Waals surface area contributed by atoms with E-state index in [4.69, 9.17) is 5.73 Å². The van der Waals surface area contributed by atoms with Gasteiger partial charge in [0, 0.05) is 18.6 Å². The largest absolute Gasteiger partial charge is 0.328 e. The van der Waals surface area contributed by atoms with E-state index < -0.39 is 0 Å². The maximum atomic E-state index is 5.96. The molecular weight excluding hydrogens is 196 g/mol. The molecule has 2 fully saturated rings. The van der Waals surface area contributed by atoms with Crippen LogP contribution in [0.3, 0.4) is 0 Å². The van der Waals surface area contributed by atoms with E-state index in [2.05, 4.69) is 11.9 Å². The van der Waals surface area contributed by atoms with Crippen LogP contribution in [-0.2, 0) is 0 Å². The van der Waals surface area contributed by atoms with Gasteiger partial charge in [0.25, 0.3) is 0 Å². The molecule has 0 aromatic heterocycles. The Morgan fingerprint density at radius 1 is 0.938 bits per heavy atom. The van der Waals surface area contributed by atoms with Crippen molar-refractivity contribution in [1.29, 1.82) is 0 Å². The van der Waals surface area contributed by atoms with Gasteiger partial charge in [-0.1, -0.05) is 19.3 Å². The Hall–Kier alpha value is -0.0800. The lowest BCUT2D eigenvalue weighted by molar-refractivity contribution is 0.147. The molecule has 2 nitrogen and oxygen atoms in total.